The normalized spacial score (nSPS) is 17.1. The van der Waals surface area contributed by atoms with Gasteiger partial charge in [-0.25, -0.2) is 9.37 Å². The van der Waals surface area contributed by atoms with E-state index in [0.717, 1.165) is 6.07 Å². The van der Waals surface area contributed by atoms with Crippen molar-refractivity contribution in [2.24, 2.45) is 11.3 Å². The molecule has 0 spiro atoms. The van der Waals surface area contributed by atoms with Crippen molar-refractivity contribution in [1.29, 1.82) is 0 Å². The van der Waals surface area contributed by atoms with Crippen molar-refractivity contribution in [3.8, 4) is 11.1 Å². The lowest BCUT2D eigenvalue weighted by Crippen LogP contribution is -2.36. The van der Waals surface area contributed by atoms with Gasteiger partial charge in [-0.1, -0.05) is 27.7 Å². The van der Waals surface area contributed by atoms with Crippen LogP contribution < -0.4 is 5.32 Å². The number of nitrogens with zero attached hydrogens (tertiary/aromatic N) is 2. The number of fused-ring (bicyclic) bond motifs is 1. The Morgan fingerprint density at radius 2 is 1.68 bits per heavy atom. The second-order valence-corrected chi connectivity index (χ2v) is 10.3. The minimum Gasteiger partial charge on any atom is -0.325 e. The van der Waals surface area contributed by atoms with Crippen LogP contribution in [0.25, 0.3) is 22.3 Å². The maximum absolute atomic E-state index is 14.4. The first-order valence-corrected chi connectivity index (χ1v) is 11.6. The number of halogens is 7. The van der Waals surface area contributed by atoms with E-state index in [9.17, 15) is 35.5 Å². The van der Waals surface area contributed by atoms with Gasteiger partial charge in [0.1, 0.15) is 11.5 Å². The van der Waals surface area contributed by atoms with Crippen LogP contribution in [0.4, 0.5) is 30.7 Å². The number of hydrogen-bond acceptors (Lipinski definition) is 2. The molecular weight excluding hydrogens is 515 g/mol. The average molecular weight is 539 g/mol. The first-order chi connectivity index (χ1) is 17.4. The summed E-state index contributed by atoms with van der Waals surface area (Å²) in [6, 6.07) is 5.01. The van der Waals surface area contributed by atoms with Gasteiger partial charge in [-0.2, -0.15) is 26.3 Å². The second kappa shape index (κ2) is 9.28. The molecule has 0 saturated carbocycles. The fourth-order valence-corrected chi connectivity index (χ4v) is 4.14. The highest BCUT2D eigenvalue weighted by Gasteiger charge is 2.40. The number of imidazole rings is 1. The average Bonchev–Trinajstić information content (AvgIpc) is 3.21. The van der Waals surface area contributed by atoms with Gasteiger partial charge in [0.25, 0.3) is 0 Å². The van der Waals surface area contributed by atoms with Gasteiger partial charge in [0.2, 0.25) is 5.91 Å². The van der Waals surface area contributed by atoms with Crippen LogP contribution in [0.3, 0.4) is 0 Å². The highest BCUT2D eigenvalue weighted by molar-refractivity contribution is 5.85. The predicted molar refractivity (Wildman–Crippen MR) is 128 cm³/mol. The molecule has 0 radical (unpaired) electrons. The number of pyridine rings is 1. The van der Waals surface area contributed by atoms with Crippen LogP contribution in [0.5, 0.6) is 0 Å². The van der Waals surface area contributed by atoms with E-state index in [4.69, 9.17) is 0 Å². The van der Waals surface area contributed by atoms with Gasteiger partial charge in [-0.3, -0.25) is 4.79 Å². The SMILES string of the molecule is CC1CC(C(F)(F)F)=C(NC(=O)C(C)(C)C)C=C1c1cn2cc(-c3cc(C(F)(F)F)ccc3F)ccc2n1. The van der Waals surface area contributed by atoms with Crippen LogP contribution in [-0.4, -0.2) is 21.5 Å². The molecule has 1 aromatic carbocycles. The summed E-state index contributed by atoms with van der Waals surface area (Å²) >= 11 is 0. The standard InChI is InChI=1S/C27H24F7N3O/c1-14-9-19(27(32,33)34)21(36-24(38)25(2,3)4)11-17(14)22-13-37-12-15(5-8-23(37)35-22)18-10-16(26(29,30)31)6-7-20(18)28/h5-8,10-14H,9H2,1-4H3,(H,36,38). The molecule has 2 aromatic heterocycles. The zero-order valence-electron chi connectivity index (χ0n) is 20.9. The van der Waals surface area contributed by atoms with Crippen molar-refractivity contribution in [3.63, 3.8) is 0 Å². The molecule has 0 bridgehead atoms. The molecule has 0 aliphatic heterocycles. The number of nitrogens with one attached hydrogen (secondary N) is 1. The third-order valence-corrected chi connectivity index (χ3v) is 6.29. The number of aromatic nitrogens is 2. The molecule has 2 heterocycles. The van der Waals surface area contributed by atoms with E-state index in [0.29, 0.717) is 29.0 Å². The monoisotopic (exact) mass is 539 g/mol. The largest absolute Gasteiger partial charge is 0.416 e. The Kier molecular flexibility index (Phi) is 6.70. The van der Waals surface area contributed by atoms with Gasteiger partial charge < -0.3 is 9.72 Å². The first-order valence-electron chi connectivity index (χ1n) is 11.6. The van der Waals surface area contributed by atoms with Gasteiger partial charge in [0.05, 0.1) is 16.8 Å². The molecular formula is C27H24F7N3O. The van der Waals surface area contributed by atoms with Crippen molar-refractivity contribution in [2.75, 3.05) is 0 Å². The molecule has 1 amide bonds. The van der Waals surface area contributed by atoms with E-state index in [2.05, 4.69) is 10.3 Å². The zero-order valence-corrected chi connectivity index (χ0v) is 20.9. The molecule has 1 unspecified atom stereocenters. The summed E-state index contributed by atoms with van der Waals surface area (Å²) in [5, 5.41) is 2.40. The lowest BCUT2D eigenvalue weighted by atomic mass is 9.84. The number of rotatable bonds is 3. The molecule has 1 aliphatic rings. The Morgan fingerprint density at radius 1 is 1.00 bits per heavy atom. The van der Waals surface area contributed by atoms with Gasteiger partial charge in [0, 0.05) is 34.6 Å². The van der Waals surface area contributed by atoms with Gasteiger partial charge >= 0.3 is 12.4 Å². The van der Waals surface area contributed by atoms with Crippen molar-refractivity contribution in [3.05, 3.63) is 77.1 Å². The van der Waals surface area contributed by atoms with Gasteiger partial charge in [-0.15, -0.1) is 0 Å². The molecule has 38 heavy (non-hydrogen) atoms. The molecule has 3 aromatic rings. The Labute approximate surface area is 213 Å². The van der Waals surface area contributed by atoms with Gasteiger partial charge in [-0.05, 0) is 54.3 Å². The molecule has 11 heteroatoms. The highest BCUT2D eigenvalue weighted by Crippen LogP contribution is 2.42. The smallest absolute Gasteiger partial charge is 0.325 e. The summed E-state index contributed by atoms with van der Waals surface area (Å²) in [7, 11) is 0. The Balaban J connectivity index is 1.78. The number of amides is 1. The summed E-state index contributed by atoms with van der Waals surface area (Å²) in [6.07, 6.45) is -5.52. The van der Waals surface area contributed by atoms with Crippen LogP contribution >= 0.6 is 0 Å². The lowest BCUT2D eigenvalue weighted by molar-refractivity contribution is -0.137. The zero-order chi connectivity index (χ0) is 28.2. The summed E-state index contributed by atoms with van der Waals surface area (Å²) in [6.45, 7) is 6.35. The topological polar surface area (TPSA) is 46.4 Å². The molecule has 1 N–H and O–H groups in total. The van der Waals surface area contributed by atoms with Crippen LogP contribution in [0, 0.1) is 17.2 Å². The van der Waals surface area contributed by atoms with E-state index in [-0.39, 0.29) is 23.2 Å². The maximum atomic E-state index is 14.4. The van der Waals surface area contributed by atoms with E-state index in [1.807, 2.05) is 0 Å². The highest BCUT2D eigenvalue weighted by atomic mass is 19.4. The quantitative estimate of drug-likeness (QED) is 0.349. The van der Waals surface area contributed by atoms with Crippen molar-refractivity contribution in [2.45, 2.75) is 46.5 Å². The van der Waals surface area contributed by atoms with E-state index in [1.165, 1.54) is 35.0 Å². The number of hydrogen-bond donors (Lipinski definition) is 1. The summed E-state index contributed by atoms with van der Waals surface area (Å²) in [5.41, 5.74) is -2.11. The van der Waals surface area contributed by atoms with E-state index < -0.39 is 46.5 Å². The number of allylic oxidation sites excluding steroid dienone is 3. The summed E-state index contributed by atoms with van der Waals surface area (Å²) in [4.78, 5) is 16.9. The van der Waals surface area contributed by atoms with E-state index >= 15 is 0 Å². The molecule has 4 nitrogen and oxygen atoms in total. The molecule has 4 rings (SSSR count). The van der Waals surface area contributed by atoms with Crippen LogP contribution in [0.1, 0.15) is 45.4 Å². The third-order valence-electron chi connectivity index (χ3n) is 6.29. The predicted octanol–water partition coefficient (Wildman–Crippen LogP) is 7.56. The van der Waals surface area contributed by atoms with Crippen LogP contribution in [0.15, 0.2) is 60.1 Å². The molecule has 0 fully saturated rings. The number of carbonyl (C=O) groups is 1. The van der Waals surface area contributed by atoms with Gasteiger partial charge in [0.15, 0.2) is 0 Å². The minimum atomic E-state index is -4.65. The number of alkyl halides is 6. The van der Waals surface area contributed by atoms with Crippen molar-refractivity contribution < 1.29 is 35.5 Å². The van der Waals surface area contributed by atoms with Crippen LogP contribution in [-0.2, 0) is 11.0 Å². The Morgan fingerprint density at radius 3 is 2.29 bits per heavy atom. The summed E-state index contributed by atoms with van der Waals surface area (Å²) in [5.74, 6) is -2.03. The van der Waals surface area contributed by atoms with Crippen molar-refractivity contribution in [1.82, 2.24) is 14.7 Å². The maximum Gasteiger partial charge on any atom is 0.416 e. The molecule has 1 atom stereocenters. The third kappa shape index (κ3) is 5.46. The molecule has 202 valence electrons. The van der Waals surface area contributed by atoms with Crippen LogP contribution in [0.2, 0.25) is 0 Å². The Hall–Kier alpha value is -3.63. The summed E-state index contributed by atoms with van der Waals surface area (Å²) < 4.78 is 96.7. The number of carbonyl (C=O) groups excluding carboxylic acids is 1. The number of benzene rings is 1. The minimum absolute atomic E-state index is 0.160. The molecule has 0 saturated heterocycles. The fourth-order valence-electron chi connectivity index (χ4n) is 4.14. The first kappa shape index (κ1) is 27.4. The fraction of sp³-hybridized carbons (Fsp3) is 0.333. The molecule has 1 aliphatic carbocycles. The lowest BCUT2D eigenvalue weighted by Gasteiger charge is -2.28. The van der Waals surface area contributed by atoms with Crippen molar-refractivity contribution >= 4 is 17.1 Å². The van der Waals surface area contributed by atoms with E-state index in [1.54, 1.807) is 27.7 Å². The second-order valence-electron chi connectivity index (χ2n) is 10.3. The Bertz CT molecular complexity index is 1470.